The summed E-state index contributed by atoms with van der Waals surface area (Å²) in [7, 11) is 0. The fourth-order valence-corrected chi connectivity index (χ4v) is 7.61. The molecule has 21 heavy (non-hydrogen) atoms. The topological polar surface area (TPSA) is 20.2 Å². The van der Waals surface area contributed by atoms with Gasteiger partial charge in [0.15, 0.2) is 0 Å². The van der Waals surface area contributed by atoms with Crippen LogP contribution >= 0.6 is 0 Å². The Labute approximate surface area is 130 Å². The Balaban J connectivity index is 1.70. The SMILES string of the molecule is C[C@@]12CCC[C@H]1[C@@H]1CCC3CC(O)CC[C@]3(C)[C@@]1(C)CC2. The minimum atomic E-state index is -0.0106. The van der Waals surface area contributed by atoms with E-state index in [0.717, 1.165) is 30.6 Å². The van der Waals surface area contributed by atoms with Gasteiger partial charge in [-0.2, -0.15) is 0 Å². The molecule has 0 saturated heterocycles. The minimum Gasteiger partial charge on any atom is -0.393 e. The van der Waals surface area contributed by atoms with Crippen molar-refractivity contribution in [3.05, 3.63) is 0 Å². The van der Waals surface area contributed by atoms with Crippen LogP contribution in [-0.4, -0.2) is 11.2 Å². The van der Waals surface area contributed by atoms with E-state index < -0.39 is 0 Å². The van der Waals surface area contributed by atoms with Gasteiger partial charge in [-0.1, -0.05) is 27.2 Å². The molecular formula is C20H34O. The summed E-state index contributed by atoms with van der Waals surface area (Å²) in [4.78, 5) is 0. The average Bonchev–Trinajstić information content (AvgIpc) is 2.83. The predicted octanol–water partition coefficient (Wildman–Crippen LogP) is 5.17. The molecule has 0 aromatic carbocycles. The van der Waals surface area contributed by atoms with Crippen LogP contribution in [0.2, 0.25) is 0 Å². The summed E-state index contributed by atoms with van der Waals surface area (Å²) in [5.74, 6) is 2.75. The highest BCUT2D eigenvalue weighted by molar-refractivity contribution is 5.12. The fourth-order valence-electron chi connectivity index (χ4n) is 7.61. The molecule has 0 amide bonds. The number of aliphatic hydroxyl groups is 1. The van der Waals surface area contributed by atoms with E-state index in [-0.39, 0.29) is 6.10 Å². The fraction of sp³-hybridized carbons (Fsp3) is 1.00. The van der Waals surface area contributed by atoms with Gasteiger partial charge in [-0.05, 0) is 91.8 Å². The molecule has 4 rings (SSSR count). The minimum absolute atomic E-state index is 0.0106. The van der Waals surface area contributed by atoms with Crippen LogP contribution in [0, 0.1) is 34.0 Å². The molecule has 4 fully saturated rings. The standard InChI is InChI=1S/C20H34O/c1-18-9-4-5-16(18)17-7-6-14-13-15(21)8-10-19(14,2)20(17,3)12-11-18/h14-17,21H,4-13H2,1-3H3/t14?,15?,16-,17-,18-,19-,20-/m0/s1. The lowest BCUT2D eigenvalue weighted by atomic mass is 9.39. The molecule has 1 nitrogen and oxygen atoms in total. The van der Waals surface area contributed by atoms with Crippen molar-refractivity contribution in [2.75, 3.05) is 0 Å². The van der Waals surface area contributed by atoms with Gasteiger partial charge in [-0.25, -0.2) is 0 Å². The molecule has 0 bridgehead atoms. The quantitative estimate of drug-likeness (QED) is 0.652. The van der Waals surface area contributed by atoms with Gasteiger partial charge in [0.1, 0.15) is 0 Å². The zero-order chi connectivity index (χ0) is 14.9. The summed E-state index contributed by atoms with van der Waals surface area (Å²) in [6.07, 6.45) is 13.6. The summed E-state index contributed by atoms with van der Waals surface area (Å²) in [6, 6.07) is 0. The zero-order valence-electron chi connectivity index (χ0n) is 14.3. The maximum Gasteiger partial charge on any atom is 0.0543 e. The normalized spacial score (nSPS) is 60.0. The molecule has 4 aliphatic rings. The van der Waals surface area contributed by atoms with E-state index in [9.17, 15) is 5.11 Å². The molecular weight excluding hydrogens is 256 g/mol. The third-order valence-electron chi connectivity index (χ3n) is 9.26. The van der Waals surface area contributed by atoms with E-state index >= 15 is 0 Å². The van der Waals surface area contributed by atoms with E-state index in [0.29, 0.717) is 16.2 Å². The highest BCUT2D eigenvalue weighted by Crippen LogP contribution is 2.71. The maximum absolute atomic E-state index is 10.1. The number of fused-ring (bicyclic) bond motifs is 5. The van der Waals surface area contributed by atoms with Crippen molar-refractivity contribution in [1.29, 1.82) is 0 Å². The van der Waals surface area contributed by atoms with Gasteiger partial charge in [0.05, 0.1) is 6.10 Å². The molecule has 0 heterocycles. The molecule has 7 atom stereocenters. The summed E-state index contributed by atoms with van der Waals surface area (Å²) in [5.41, 5.74) is 1.71. The van der Waals surface area contributed by atoms with Crippen LogP contribution in [0.25, 0.3) is 0 Å². The smallest absolute Gasteiger partial charge is 0.0543 e. The summed E-state index contributed by atoms with van der Waals surface area (Å²) >= 11 is 0. The van der Waals surface area contributed by atoms with Crippen molar-refractivity contribution in [3.8, 4) is 0 Å². The second-order valence-corrected chi connectivity index (χ2v) is 9.80. The van der Waals surface area contributed by atoms with Gasteiger partial charge in [0.2, 0.25) is 0 Å². The Morgan fingerprint density at radius 3 is 2.38 bits per heavy atom. The first-order chi connectivity index (χ1) is 9.89. The lowest BCUT2D eigenvalue weighted by Gasteiger charge is -2.66. The van der Waals surface area contributed by atoms with E-state index in [2.05, 4.69) is 20.8 Å². The third-order valence-corrected chi connectivity index (χ3v) is 9.26. The first-order valence-electron chi connectivity index (χ1n) is 9.57. The predicted molar refractivity (Wildman–Crippen MR) is 87.0 cm³/mol. The van der Waals surface area contributed by atoms with Crippen LogP contribution in [-0.2, 0) is 0 Å². The van der Waals surface area contributed by atoms with Crippen LogP contribution in [0.15, 0.2) is 0 Å². The molecule has 120 valence electrons. The molecule has 1 heteroatoms. The van der Waals surface area contributed by atoms with Crippen molar-refractivity contribution < 1.29 is 5.11 Å². The van der Waals surface area contributed by atoms with Gasteiger partial charge in [-0.15, -0.1) is 0 Å². The molecule has 2 unspecified atom stereocenters. The second-order valence-electron chi connectivity index (χ2n) is 9.80. The van der Waals surface area contributed by atoms with Crippen LogP contribution < -0.4 is 0 Å². The molecule has 4 saturated carbocycles. The lowest BCUT2D eigenvalue weighted by Crippen LogP contribution is -2.59. The maximum atomic E-state index is 10.1. The first kappa shape index (κ1) is 14.5. The van der Waals surface area contributed by atoms with Gasteiger partial charge >= 0.3 is 0 Å². The Kier molecular flexibility index (Phi) is 3.11. The molecule has 0 aliphatic heterocycles. The Morgan fingerprint density at radius 1 is 0.762 bits per heavy atom. The van der Waals surface area contributed by atoms with Gasteiger partial charge in [0.25, 0.3) is 0 Å². The van der Waals surface area contributed by atoms with Crippen LogP contribution in [0.1, 0.15) is 85.0 Å². The van der Waals surface area contributed by atoms with E-state index in [1.165, 1.54) is 51.4 Å². The molecule has 0 spiro atoms. The van der Waals surface area contributed by atoms with Crippen molar-refractivity contribution >= 4 is 0 Å². The Bertz CT molecular complexity index is 432. The first-order valence-corrected chi connectivity index (χ1v) is 9.57. The highest BCUT2D eigenvalue weighted by Gasteiger charge is 2.63. The van der Waals surface area contributed by atoms with E-state index in [4.69, 9.17) is 0 Å². The number of hydrogen-bond acceptors (Lipinski definition) is 1. The number of rotatable bonds is 0. The van der Waals surface area contributed by atoms with Crippen molar-refractivity contribution in [3.63, 3.8) is 0 Å². The van der Waals surface area contributed by atoms with E-state index in [1.807, 2.05) is 0 Å². The summed E-state index contributed by atoms with van der Waals surface area (Å²) < 4.78 is 0. The van der Waals surface area contributed by atoms with Crippen molar-refractivity contribution in [2.24, 2.45) is 34.0 Å². The van der Waals surface area contributed by atoms with Gasteiger partial charge in [0, 0.05) is 0 Å². The third kappa shape index (κ3) is 1.79. The molecule has 0 aromatic rings. The molecule has 4 aliphatic carbocycles. The molecule has 1 N–H and O–H groups in total. The molecule has 0 aromatic heterocycles. The van der Waals surface area contributed by atoms with Crippen LogP contribution in [0.5, 0.6) is 0 Å². The van der Waals surface area contributed by atoms with Crippen molar-refractivity contribution in [2.45, 2.75) is 91.1 Å². The summed E-state index contributed by atoms with van der Waals surface area (Å²) in [5, 5.41) is 10.1. The largest absolute Gasteiger partial charge is 0.393 e. The van der Waals surface area contributed by atoms with Crippen LogP contribution in [0.4, 0.5) is 0 Å². The highest BCUT2D eigenvalue weighted by atomic mass is 16.3. The number of hydrogen-bond donors (Lipinski definition) is 1. The zero-order valence-corrected chi connectivity index (χ0v) is 14.3. The summed E-state index contributed by atoms with van der Waals surface area (Å²) in [6.45, 7) is 7.86. The number of aliphatic hydroxyl groups excluding tert-OH is 1. The van der Waals surface area contributed by atoms with Gasteiger partial charge < -0.3 is 5.11 Å². The van der Waals surface area contributed by atoms with Crippen LogP contribution in [0.3, 0.4) is 0 Å². The average molecular weight is 290 g/mol. The van der Waals surface area contributed by atoms with Crippen molar-refractivity contribution in [1.82, 2.24) is 0 Å². The Morgan fingerprint density at radius 2 is 1.57 bits per heavy atom. The monoisotopic (exact) mass is 290 g/mol. The van der Waals surface area contributed by atoms with E-state index in [1.54, 1.807) is 0 Å². The second kappa shape index (κ2) is 4.49. The lowest BCUT2D eigenvalue weighted by molar-refractivity contribution is -0.180. The molecule has 0 radical (unpaired) electrons. The Hall–Kier alpha value is -0.0400. The van der Waals surface area contributed by atoms with Gasteiger partial charge in [-0.3, -0.25) is 0 Å².